The van der Waals surface area contributed by atoms with Crippen molar-refractivity contribution in [3.63, 3.8) is 0 Å². The zero-order chi connectivity index (χ0) is 17.1. The lowest BCUT2D eigenvalue weighted by Crippen LogP contribution is -2.44. The molecule has 1 aromatic carbocycles. The summed E-state index contributed by atoms with van der Waals surface area (Å²) in [5, 5.41) is 16.5. The SMILES string of the molecule is CN=C(NCc1oc2ccc(F)cc2c1C)NC1CCCC1C#N. The highest BCUT2D eigenvalue weighted by molar-refractivity contribution is 5.83. The van der Waals surface area contributed by atoms with Crippen molar-refractivity contribution in [2.24, 2.45) is 10.9 Å². The molecule has 2 unspecified atom stereocenters. The molecule has 1 fully saturated rings. The summed E-state index contributed by atoms with van der Waals surface area (Å²) in [4.78, 5) is 4.22. The van der Waals surface area contributed by atoms with E-state index in [4.69, 9.17) is 4.42 Å². The van der Waals surface area contributed by atoms with E-state index in [0.29, 0.717) is 18.1 Å². The van der Waals surface area contributed by atoms with Crippen LogP contribution in [0.1, 0.15) is 30.6 Å². The van der Waals surface area contributed by atoms with Gasteiger partial charge in [0.25, 0.3) is 0 Å². The molecule has 1 aliphatic rings. The first kappa shape index (κ1) is 16.3. The van der Waals surface area contributed by atoms with Gasteiger partial charge in [0.15, 0.2) is 5.96 Å². The van der Waals surface area contributed by atoms with Gasteiger partial charge in [0.05, 0.1) is 18.5 Å². The van der Waals surface area contributed by atoms with Crippen LogP contribution in [0, 0.1) is 30.0 Å². The number of nitriles is 1. The van der Waals surface area contributed by atoms with E-state index in [0.717, 1.165) is 36.0 Å². The van der Waals surface area contributed by atoms with Gasteiger partial charge in [-0.25, -0.2) is 4.39 Å². The first-order chi connectivity index (χ1) is 11.6. The summed E-state index contributed by atoms with van der Waals surface area (Å²) in [6.45, 7) is 2.37. The van der Waals surface area contributed by atoms with Gasteiger partial charge in [-0.1, -0.05) is 0 Å². The normalized spacial score (nSPS) is 21.0. The van der Waals surface area contributed by atoms with E-state index >= 15 is 0 Å². The molecule has 0 saturated heterocycles. The highest BCUT2D eigenvalue weighted by Gasteiger charge is 2.27. The maximum Gasteiger partial charge on any atom is 0.191 e. The molecule has 6 heteroatoms. The lowest BCUT2D eigenvalue weighted by molar-refractivity contribution is 0.514. The van der Waals surface area contributed by atoms with Crippen LogP contribution in [-0.2, 0) is 6.54 Å². The van der Waals surface area contributed by atoms with E-state index in [1.54, 1.807) is 13.1 Å². The molecule has 0 bridgehead atoms. The number of aryl methyl sites for hydroxylation is 1. The number of fused-ring (bicyclic) bond motifs is 1. The summed E-state index contributed by atoms with van der Waals surface area (Å²) in [6, 6.07) is 7.01. The molecular formula is C18H21FN4O. The number of rotatable bonds is 3. The highest BCUT2D eigenvalue weighted by atomic mass is 19.1. The second-order valence-electron chi connectivity index (χ2n) is 6.13. The van der Waals surface area contributed by atoms with Gasteiger partial charge in [0, 0.05) is 24.0 Å². The standard InChI is InChI=1S/C18H21FN4O/c1-11-14-8-13(19)6-7-16(14)24-17(11)10-22-18(21-2)23-15-5-3-4-12(15)9-20/h6-8,12,15H,3-5,10H2,1-2H3,(H2,21,22,23). The van der Waals surface area contributed by atoms with E-state index in [2.05, 4.69) is 21.7 Å². The smallest absolute Gasteiger partial charge is 0.191 e. The Labute approximate surface area is 140 Å². The molecule has 24 heavy (non-hydrogen) atoms. The zero-order valence-electron chi connectivity index (χ0n) is 13.9. The van der Waals surface area contributed by atoms with E-state index in [-0.39, 0.29) is 17.8 Å². The van der Waals surface area contributed by atoms with Gasteiger partial charge >= 0.3 is 0 Å². The molecule has 0 amide bonds. The van der Waals surface area contributed by atoms with Crippen molar-refractivity contribution in [3.8, 4) is 6.07 Å². The second kappa shape index (κ2) is 6.91. The quantitative estimate of drug-likeness (QED) is 0.670. The summed E-state index contributed by atoms with van der Waals surface area (Å²) in [7, 11) is 1.70. The summed E-state index contributed by atoms with van der Waals surface area (Å²) in [6.07, 6.45) is 2.96. The van der Waals surface area contributed by atoms with Crippen molar-refractivity contribution >= 4 is 16.9 Å². The van der Waals surface area contributed by atoms with Crippen LogP contribution < -0.4 is 10.6 Å². The first-order valence-corrected chi connectivity index (χ1v) is 8.16. The molecule has 1 aliphatic carbocycles. The number of halogens is 1. The Balaban J connectivity index is 1.68. The molecule has 3 rings (SSSR count). The number of hydrogen-bond donors (Lipinski definition) is 2. The van der Waals surface area contributed by atoms with Gasteiger partial charge in [-0.05, 0) is 44.4 Å². The van der Waals surface area contributed by atoms with Crippen molar-refractivity contribution < 1.29 is 8.81 Å². The molecule has 2 N–H and O–H groups in total. The summed E-state index contributed by atoms with van der Waals surface area (Å²) < 4.78 is 19.2. The van der Waals surface area contributed by atoms with Crippen molar-refractivity contribution in [3.05, 3.63) is 35.3 Å². The minimum Gasteiger partial charge on any atom is -0.459 e. The fourth-order valence-electron chi connectivity index (χ4n) is 3.23. The van der Waals surface area contributed by atoms with Crippen LogP contribution in [-0.4, -0.2) is 19.0 Å². The second-order valence-corrected chi connectivity index (χ2v) is 6.13. The summed E-state index contributed by atoms with van der Waals surface area (Å²) in [5.74, 6) is 1.15. The predicted octanol–water partition coefficient (Wildman–Crippen LogP) is 3.24. The molecular weight excluding hydrogens is 307 g/mol. The van der Waals surface area contributed by atoms with Gasteiger partial charge in [-0.15, -0.1) is 0 Å². The largest absolute Gasteiger partial charge is 0.459 e. The van der Waals surface area contributed by atoms with Crippen LogP contribution in [0.2, 0.25) is 0 Å². The van der Waals surface area contributed by atoms with Crippen molar-refractivity contribution in [1.29, 1.82) is 5.26 Å². The maximum absolute atomic E-state index is 13.4. The maximum atomic E-state index is 13.4. The first-order valence-electron chi connectivity index (χ1n) is 8.16. The monoisotopic (exact) mass is 328 g/mol. The van der Waals surface area contributed by atoms with Crippen LogP contribution in [0.5, 0.6) is 0 Å². The number of hydrogen-bond acceptors (Lipinski definition) is 3. The van der Waals surface area contributed by atoms with Crippen molar-refractivity contribution in [2.75, 3.05) is 7.05 Å². The molecule has 0 aliphatic heterocycles. The van der Waals surface area contributed by atoms with Gasteiger partial charge in [-0.3, -0.25) is 4.99 Å². The average Bonchev–Trinajstić information content (AvgIpc) is 3.16. The van der Waals surface area contributed by atoms with E-state index in [1.165, 1.54) is 12.1 Å². The van der Waals surface area contributed by atoms with Crippen molar-refractivity contribution in [2.45, 2.75) is 38.8 Å². The minimum atomic E-state index is -0.271. The summed E-state index contributed by atoms with van der Waals surface area (Å²) >= 11 is 0. The third-order valence-electron chi connectivity index (χ3n) is 4.64. The lowest BCUT2D eigenvalue weighted by atomic mass is 10.1. The zero-order valence-corrected chi connectivity index (χ0v) is 13.9. The minimum absolute atomic E-state index is 0.0273. The number of aliphatic imine (C=N–C) groups is 1. The number of furan rings is 1. The Morgan fingerprint density at radius 1 is 1.46 bits per heavy atom. The molecule has 2 atom stereocenters. The fourth-order valence-corrected chi connectivity index (χ4v) is 3.23. The number of guanidine groups is 1. The third kappa shape index (κ3) is 3.21. The fraction of sp³-hybridized carbons (Fsp3) is 0.444. The molecule has 0 spiro atoms. The van der Waals surface area contributed by atoms with Crippen molar-refractivity contribution in [1.82, 2.24) is 10.6 Å². The van der Waals surface area contributed by atoms with E-state index in [1.807, 2.05) is 6.92 Å². The van der Waals surface area contributed by atoms with Crippen LogP contribution in [0.15, 0.2) is 27.6 Å². The third-order valence-corrected chi connectivity index (χ3v) is 4.64. The molecule has 1 aromatic heterocycles. The summed E-state index contributed by atoms with van der Waals surface area (Å²) in [5.41, 5.74) is 1.59. The van der Waals surface area contributed by atoms with Gasteiger partial charge in [0.2, 0.25) is 0 Å². The topological polar surface area (TPSA) is 73.3 Å². The Morgan fingerprint density at radius 3 is 3.04 bits per heavy atom. The molecule has 5 nitrogen and oxygen atoms in total. The molecule has 0 radical (unpaired) electrons. The van der Waals surface area contributed by atoms with Crippen LogP contribution in [0.3, 0.4) is 0 Å². The van der Waals surface area contributed by atoms with Crippen LogP contribution in [0.4, 0.5) is 4.39 Å². The Bertz CT molecular complexity index is 805. The molecule has 126 valence electrons. The Kier molecular flexibility index (Phi) is 4.70. The Hall–Kier alpha value is -2.55. The number of nitrogens with one attached hydrogen (secondary N) is 2. The van der Waals surface area contributed by atoms with Gasteiger partial charge in [-0.2, -0.15) is 5.26 Å². The van der Waals surface area contributed by atoms with Gasteiger partial charge < -0.3 is 15.1 Å². The number of benzene rings is 1. The molecule has 2 aromatic rings. The van der Waals surface area contributed by atoms with Crippen LogP contribution >= 0.6 is 0 Å². The van der Waals surface area contributed by atoms with Gasteiger partial charge in [0.1, 0.15) is 17.2 Å². The van der Waals surface area contributed by atoms with Crippen LogP contribution in [0.25, 0.3) is 11.0 Å². The lowest BCUT2D eigenvalue weighted by Gasteiger charge is -2.19. The predicted molar refractivity (Wildman–Crippen MR) is 91.0 cm³/mol. The van der Waals surface area contributed by atoms with E-state index in [9.17, 15) is 9.65 Å². The van der Waals surface area contributed by atoms with E-state index < -0.39 is 0 Å². The molecule has 1 saturated carbocycles. The molecule has 1 heterocycles. The highest BCUT2D eigenvalue weighted by Crippen LogP contribution is 2.26. The Morgan fingerprint density at radius 2 is 2.29 bits per heavy atom. The number of nitrogens with zero attached hydrogens (tertiary/aromatic N) is 2. The average molecular weight is 328 g/mol.